The minimum absolute atomic E-state index is 0.0248. The average Bonchev–Trinajstić information content (AvgIpc) is 2.29. The number of hydrogen-bond acceptors (Lipinski definition) is 3. The van der Waals surface area contributed by atoms with Crippen LogP contribution in [-0.4, -0.2) is 47.2 Å². The number of rotatable bonds is 1. The highest BCUT2D eigenvalue weighted by Gasteiger charge is 2.32. The van der Waals surface area contributed by atoms with E-state index in [1.807, 2.05) is 11.8 Å². The van der Waals surface area contributed by atoms with Crippen LogP contribution in [-0.2, 0) is 4.79 Å². The van der Waals surface area contributed by atoms with E-state index in [-0.39, 0.29) is 11.9 Å². The standard InChI is InChI=1S/C12H22N2O2/c1-12(16)5-8-14(9-6-12)11(15)10-4-2-3-7-13-10/h10,13,16H,2-9H2,1H3. The van der Waals surface area contributed by atoms with Gasteiger partial charge in [0.2, 0.25) is 5.91 Å². The van der Waals surface area contributed by atoms with E-state index < -0.39 is 5.60 Å². The SMILES string of the molecule is CC1(O)CCN(C(=O)C2CCCCN2)CC1. The molecule has 0 bridgehead atoms. The molecule has 2 saturated heterocycles. The molecule has 1 unspecified atom stereocenters. The molecule has 0 aromatic rings. The predicted octanol–water partition coefficient (Wildman–Crippen LogP) is 0.502. The summed E-state index contributed by atoms with van der Waals surface area (Å²) in [5, 5.41) is 13.1. The Labute approximate surface area is 97.0 Å². The van der Waals surface area contributed by atoms with Crippen molar-refractivity contribution in [1.29, 1.82) is 0 Å². The lowest BCUT2D eigenvalue weighted by Crippen LogP contribution is -2.53. The number of aliphatic hydroxyl groups is 1. The first kappa shape index (κ1) is 11.9. The van der Waals surface area contributed by atoms with E-state index in [1.165, 1.54) is 6.42 Å². The molecule has 1 amide bonds. The second-order valence-corrected chi connectivity index (χ2v) is 5.32. The van der Waals surface area contributed by atoms with E-state index in [1.54, 1.807) is 0 Å². The first-order valence-corrected chi connectivity index (χ1v) is 6.33. The van der Waals surface area contributed by atoms with Gasteiger partial charge in [0.25, 0.3) is 0 Å². The Morgan fingerprint density at radius 2 is 2.06 bits per heavy atom. The van der Waals surface area contributed by atoms with Crippen LogP contribution in [0.15, 0.2) is 0 Å². The zero-order valence-electron chi connectivity index (χ0n) is 10.0. The first-order valence-electron chi connectivity index (χ1n) is 6.33. The molecule has 1 atom stereocenters. The normalized spacial score (nSPS) is 30.1. The molecule has 2 fully saturated rings. The van der Waals surface area contributed by atoms with Crippen molar-refractivity contribution in [3.05, 3.63) is 0 Å². The van der Waals surface area contributed by atoms with Crippen LogP contribution >= 0.6 is 0 Å². The molecule has 2 heterocycles. The topological polar surface area (TPSA) is 52.6 Å². The summed E-state index contributed by atoms with van der Waals surface area (Å²) in [6.45, 7) is 4.21. The second-order valence-electron chi connectivity index (χ2n) is 5.32. The summed E-state index contributed by atoms with van der Waals surface area (Å²) >= 11 is 0. The van der Waals surface area contributed by atoms with Crippen LogP contribution in [0.3, 0.4) is 0 Å². The van der Waals surface area contributed by atoms with Gasteiger partial charge in [0, 0.05) is 13.1 Å². The number of amides is 1. The molecule has 0 aliphatic carbocycles. The van der Waals surface area contributed by atoms with Crippen molar-refractivity contribution >= 4 is 5.91 Å². The van der Waals surface area contributed by atoms with Gasteiger partial charge in [0.15, 0.2) is 0 Å². The van der Waals surface area contributed by atoms with Gasteiger partial charge in [-0.25, -0.2) is 0 Å². The van der Waals surface area contributed by atoms with Gasteiger partial charge in [-0.15, -0.1) is 0 Å². The number of hydrogen-bond donors (Lipinski definition) is 2. The molecule has 2 rings (SSSR count). The monoisotopic (exact) mass is 226 g/mol. The number of nitrogens with one attached hydrogen (secondary N) is 1. The van der Waals surface area contributed by atoms with Crippen molar-refractivity contribution in [3.8, 4) is 0 Å². The van der Waals surface area contributed by atoms with Crippen LogP contribution < -0.4 is 5.32 Å². The lowest BCUT2D eigenvalue weighted by Gasteiger charge is -2.38. The van der Waals surface area contributed by atoms with Crippen LogP contribution in [0.5, 0.6) is 0 Å². The maximum absolute atomic E-state index is 12.1. The maximum atomic E-state index is 12.1. The van der Waals surface area contributed by atoms with Gasteiger partial charge >= 0.3 is 0 Å². The third kappa shape index (κ3) is 2.74. The zero-order valence-corrected chi connectivity index (χ0v) is 10.0. The molecule has 16 heavy (non-hydrogen) atoms. The van der Waals surface area contributed by atoms with Gasteiger partial charge < -0.3 is 15.3 Å². The summed E-state index contributed by atoms with van der Waals surface area (Å²) in [5.41, 5.74) is -0.573. The summed E-state index contributed by atoms with van der Waals surface area (Å²) in [7, 11) is 0. The smallest absolute Gasteiger partial charge is 0.239 e. The Balaban J connectivity index is 1.86. The highest BCUT2D eigenvalue weighted by molar-refractivity contribution is 5.82. The molecule has 2 N–H and O–H groups in total. The van der Waals surface area contributed by atoms with Crippen LogP contribution in [0, 0.1) is 0 Å². The van der Waals surface area contributed by atoms with Crippen molar-refractivity contribution in [2.75, 3.05) is 19.6 Å². The molecule has 4 nitrogen and oxygen atoms in total. The third-order valence-electron chi connectivity index (χ3n) is 3.76. The second kappa shape index (κ2) is 4.72. The van der Waals surface area contributed by atoms with Crippen molar-refractivity contribution in [2.24, 2.45) is 0 Å². The van der Waals surface area contributed by atoms with E-state index in [2.05, 4.69) is 5.32 Å². The largest absolute Gasteiger partial charge is 0.390 e. The predicted molar refractivity (Wildman–Crippen MR) is 62.1 cm³/mol. The summed E-state index contributed by atoms with van der Waals surface area (Å²) in [6, 6.07) is 0.0248. The van der Waals surface area contributed by atoms with Crippen LogP contribution in [0.1, 0.15) is 39.0 Å². The Kier molecular flexibility index (Phi) is 3.50. The highest BCUT2D eigenvalue weighted by Crippen LogP contribution is 2.22. The van der Waals surface area contributed by atoms with E-state index in [9.17, 15) is 9.90 Å². The fraction of sp³-hybridized carbons (Fsp3) is 0.917. The highest BCUT2D eigenvalue weighted by atomic mass is 16.3. The lowest BCUT2D eigenvalue weighted by molar-refractivity contribution is -0.137. The van der Waals surface area contributed by atoms with E-state index in [0.29, 0.717) is 25.9 Å². The number of carbonyl (C=O) groups excluding carboxylic acids is 1. The Morgan fingerprint density at radius 3 is 2.62 bits per heavy atom. The van der Waals surface area contributed by atoms with Crippen molar-refractivity contribution in [3.63, 3.8) is 0 Å². The first-order chi connectivity index (χ1) is 7.58. The Morgan fingerprint density at radius 1 is 1.38 bits per heavy atom. The average molecular weight is 226 g/mol. The van der Waals surface area contributed by atoms with Crippen LogP contribution in [0.2, 0.25) is 0 Å². The summed E-state index contributed by atoms with van der Waals surface area (Å²) in [6.07, 6.45) is 4.69. The number of carbonyl (C=O) groups is 1. The van der Waals surface area contributed by atoms with Gasteiger partial charge in [-0.2, -0.15) is 0 Å². The summed E-state index contributed by atoms with van der Waals surface area (Å²) < 4.78 is 0. The van der Waals surface area contributed by atoms with E-state index in [4.69, 9.17) is 0 Å². The quantitative estimate of drug-likeness (QED) is 0.684. The van der Waals surface area contributed by atoms with Gasteiger partial charge in [0.1, 0.15) is 0 Å². The van der Waals surface area contributed by atoms with Gasteiger partial charge in [-0.05, 0) is 39.2 Å². The molecule has 92 valence electrons. The molecule has 2 aliphatic rings. The molecule has 4 heteroatoms. The third-order valence-corrected chi connectivity index (χ3v) is 3.76. The lowest BCUT2D eigenvalue weighted by atomic mass is 9.93. The minimum atomic E-state index is -0.573. The van der Waals surface area contributed by atoms with E-state index >= 15 is 0 Å². The molecular weight excluding hydrogens is 204 g/mol. The molecular formula is C12H22N2O2. The number of piperidine rings is 2. The van der Waals surface area contributed by atoms with Crippen LogP contribution in [0.25, 0.3) is 0 Å². The fourth-order valence-electron chi connectivity index (χ4n) is 2.49. The number of likely N-dealkylation sites (tertiary alicyclic amines) is 1. The van der Waals surface area contributed by atoms with Crippen molar-refractivity contribution in [1.82, 2.24) is 10.2 Å². The molecule has 0 spiro atoms. The molecule has 0 aromatic carbocycles. The van der Waals surface area contributed by atoms with Crippen LogP contribution in [0.4, 0.5) is 0 Å². The van der Waals surface area contributed by atoms with Crippen molar-refractivity contribution < 1.29 is 9.90 Å². The maximum Gasteiger partial charge on any atom is 0.239 e. The summed E-state index contributed by atoms with van der Waals surface area (Å²) in [5.74, 6) is 0.232. The Bertz CT molecular complexity index is 250. The zero-order chi connectivity index (χ0) is 11.6. The molecule has 2 aliphatic heterocycles. The van der Waals surface area contributed by atoms with Gasteiger partial charge in [-0.3, -0.25) is 4.79 Å². The van der Waals surface area contributed by atoms with Gasteiger partial charge in [0.05, 0.1) is 11.6 Å². The van der Waals surface area contributed by atoms with E-state index in [0.717, 1.165) is 19.4 Å². The molecule has 0 aromatic heterocycles. The minimum Gasteiger partial charge on any atom is -0.390 e. The van der Waals surface area contributed by atoms with Gasteiger partial charge in [-0.1, -0.05) is 6.42 Å². The van der Waals surface area contributed by atoms with Crippen molar-refractivity contribution in [2.45, 2.75) is 50.7 Å². The Hall–Kier alpha value is -0.610. The molecule has 0 saturated carbocycles. The number of nitrogens with zero attached hydrogens (tertiary/aromatic N) is 1. The fourth-order valence-corrected chi connectivity index (χ4v) is 2.49. The summed E-state index contributed by atoms with van der Waals surface area (Å²) in [4.78, 5) is 14.0. The molecule has 0 radical (unpaired) electrons.